The van der Waals surface area contributed by atoms with Gasteiger partial charge in [0.05, 0.1) is 17.5 Å². The fraction of sp³-hybridized carbons (Fsp3) is 0.444. The van der Waals surface area contributed by atoms with Gasteiger partial charge < -0.3 is 20.5 Å². The molecule has 0 aromatic heterocycles. The van der Waals surface area contributed by atoms with Crippen LogP contribution in [-0.2, 0) is 14.3 Å². The molecular weight excluding hydrogens is 432 g/mol. The van der Waals surface area contributed by atoms with E-state index in [0.717, 1.165) is 24.0 Å². The first kappa shape index (κ1) is 22.4. The van der Waals surface area contributed by atoms with Crippen LogP contribution in [-0.4, -0.2) is 40.8 Å². The molecule has 2 amide bonds. The zero-order valence-electron chi connectivity index (χ0n) is 19.1. The summed E-state index contributed by atoms with van der Waals surface area (Å²) in [6, 6.07) is 16.4. The van der Waals surface area contributed by atoms with Crippen LogP contribution < -0.4 is 10.6 Å². The third-order valence-electron chi connectivity index (χ3n) is 7.52. The first-order chi connectivity index (χ1) is 16.4. The normalized spacial score (nSPS) is 19.1. The van der Waals surface area contributed by atoms with E-state index in [-0.39, 0.29) is 31.3 Å². The molecule has 0 atom stereocenters. The number of alkyl carbamates (subject to hydrolysis) is 1. The maximum atomic E-state index is 12.9. The van der Waals surface area contributed by atoms with Gasteiger partial charge in [0.25, 0.3) is 0 Å². The SMILES string of the molecule is O=C(O)CC1(NC(=O)CC2(NC(=O)OCC3c4ccccc4-c4ccccc43)CCCC2)CC1. The maximum absolute atomic E-state index is 12.9. The summed E-state index contributed by atoms with van der Waals surface area (Å²) in [6.07, 6.45) is 4.18. The van der Waals surface area contributed by atoms with Gasteiger partial charge in [0, 0.05) is 12.3 Å². The van der Waals surface area contributed by atoms with Crippen LogP contribution >= 0.6 is 0 Å². The van der Waals surface area contributed by atoms with Gasteiger partial charge in [-0.1, -0.05) is 61.4 Å². The lowest BCUT2D eigenvalue weighted by Crippen LogP contribution is -2.51. The van der Waals surface area contributed by atoms with Crippen LogP contribution in [0.2, 0.25) is 0 Å². The van der Waals surface area contributed by atoms with E-state index in [1.807, 2.05) is 24.3 Å². The van der Waals surface area contributed by atoms with Crippen molar-refractivity contribution in [2.45, 2.75) is 68.4 Å². The number of nitrogens with one attached hydrogen (secondary N) is 2. The van der Waals surface area contributed by atoms with E-state index >= 15 is 0 Å². The van der Waals surface area contributed by atoms with E-state index in [9.17, 15) is 14.4 Å². The predicted molar refractivity (Wildman–Crippen MR) is 126 cm³/mol. The summed E-state index contributed by atoms with van der Waals surface area (Å²) >= 11 is 0. The zero-order valence-corrected chi connectivity index (χ0v) is 19.1. The van der Waals surface area contributed by atoms with Gasteiger partial charge in [-0.3, -0.25) is 9.59 Å². The van der Waals surface area contributed by atoms with Crippen molar-refractivity contribution < 1.29 is 24.2 Å². The average molecular weight is 463 g/mol. The second-order valence-corrected chi connectivity index (χ2v) is 10.0. The number of ether oxygens (including phenoxy) is 1. The Labute approximate surface area is 198 Å². The number of aliphatic carboxylic acids is 1. The molecule has 3 aliphatic rings. The molecule has 7 heteroatoms. The quantitative estimate of drug-likeness (QED) is 0.541. The molecule has 2 fully saturated rings. The van der Waals surface area contributed by atoms with Crippen molar-refractivity contribution in [2.75, 3.05) is 6.61 Å². The number of rotatable bonds is 8. The Balaban J connectivity index is 1.22. The molecule has 0 bridgehead atoms. The molecule has 0 spiro atoms. The van der Waals surface area contributed by atoms with E-state index < -0.39 is 23.1 Å². The second kappa shape index (κ2) is 8.78. The van der Waals surface area contributed by atoms with Crippen LogP contribution in [0.4, 0.5) is 4.79 Å². The highest BCUT2D eigenvalue weighted by atomic mass is 16.5. The molecule has 0 aliphatic heterocycles. The highest BCUT2D eigenvalue weighted by molar-refractivity contribution is 5.82. The lowest BCUT2D eigenvalue weighted by atomic mass is 9.92. The summed E-state index contributed by atoms with van der Waals surface area (Å²) in [4.78, 5) is 36.7. The molecule has 3 N–H and O–H groups in total. The van der Waals surface area contributed by atoms with Crippen molar-refractivity contribution in [2.24, 2.45) is 0 Å². The Hall–Kier alpha value is -3.35. The summed E-state index contributed by atoms with van der Waals surface area (Å²) in [6.45, 7) is 0.226. The van der Waals surface area contributed by atoms with Crippen molar-refractivity contribution in [3.05, 3.63) is 59.7 Å². The highest BCUT2D eigenvalue weighted by Gasteiger charge is 2.47. The van der Waals surface area contributed by atoms with Gasteiger partial charge in [0.2, 0.25) is 5.91 Å². The van der Waals surface area contributed by atoms with Gasteiger partial charge in [0.1, 0.15) is 6.61 Å². The summed E-state index contributed by atoms with van der Waals surface area (Å²) < 4.78 is 5.71. The Morgan fingerprint density at radius 1 is 0.824 bits per heavy atom. The van der Waals surface area contributed by atoms with E-state index in [1.54, 1.807) is 0 Å². The van der Waals surface area contributed by atoms with Crippen molar-refractivity contribution in [3.8, 4) is 11.1 Å². The standard InChI is InChI=1S/C27H30N2O5/c30-23(28-27(13-14-27)16-24(31)32)15-26(11-5-6-12-26)29-25(33)34-17-22-20-9-3-1-7-18(20)19-8-2-4-10-21(19)22/h1-4,7-10,22H,5-6,11-17H2,(H,28,30)(H,29,33)(H,31,32). The molecule has 3 aliphatic carbocycles. The smallest absolute Gasteiger partial charge is 0.407 e. The van der Waals surface area contributed by atoms with Crippen molar-refractivity contribution in [1.29, 1.82) is 0 Å². The van der Waals surface area contributed by atoms with Crippen molar-refractivity contribution in [1.82, 2.24) is 10.6 Å². The van der Waals surface area contributed by atoms with E-state index in [1.165, 1.54) is 11.1 Å². The Bertz CT molecular complexity index is 1070. The minimum atomic E-state index is -0.912. The minimum absolute atomic E-state index is 0.0216. The monoisotopic (exact) mass is 462 g/mol. The van der Waals surface area contributed by atoms with Gasteiger partial charge in [0.15, 0.2) is 0 Å². The molecule has 7 nitrogen and oxygen atoms in total. The molecule has 0 heterocycles. The third kappa shape index (κ3) is 4.52. The van der Waals surface area contributed by atoms with Crippen molar-refractivity contribution >= 4 is 18.0 Å². The number of carboxylic acids is 1. The molecule has 5 rings (SSSR count). The average Bonchev–Trinajstić information content (AvgIpc) is 3.25. The van der Waals surface area contributed by atoms with Gasteiger partial charge in [-0.05, 0) is 47.9 Å². The number of benzene rings is 2. The molecule has 0 radical (unpaired) electrons. The third-order valence-corrected chi connectivity index (χ3v) is 7.52. The fourth-order valence-corrected chi connectivity index (χ4v) is 5.68. The lowest BCUT2D eigenvalue weighted by molar-refractivity contribution is -0.138. The van der Waals surface area contributed by atoms with E-state index in [4.69, 9.17) is 9.84 Å². The van der Waals surface area contributed by atoms with Gasteiger partial charge in [-0.2, -0.15) is 0 Å². The van der Waals surface area contributed by atoms with Gasteiger partial charge in [-0.25, -0.2) is 4.79 Å². The Kier molecular flexibility index (Phi) is 5.80. The Morgan fingerprint density at radius 2 is 1.38 bits per heavy atom. The molecular formula is C27H30N2O5. The van der Waals surface area contributed by atoms with Gasteiger partial charge in [-0.15, -0.1) is 0 Å². The van der Waals surface area contributed by atoms with Crippen LogP contribution in [0.3, 0.4) is 0 Å². The molecule has 34 heavy (non-hydrogen) atoms. The number of carboxylic acid groups (broad SMARTS) is 1. The lowest BCUT2D eigenvalue weighted by Gasteiger charge is -2.30. The number of hydrogen-bond donors (Lipinski definition) is 3. The first-order valence-corrected chi connectivity index (χ1v) is 12.0. The molecule has 2 saturated carbocycles. The predicted octanol–water partition coefficient (Wildman–Crippen LogP) is 4.35. The maximum Gasteiger partial charge on any atom is 0.407 e. The number of carbonyl (C=O) groups is 3. The van der Waals surface area contributed by atoms with Crippen LogP contribution in [0.1, 0.15) is 68.4 Å². The molecule has 0 saturated heterocycles. The number of hydrogen-bond acceptors (Lipinski definition) is 4. The summed E-state index contributed by atoms with van der Waals surface area (Å²) in [5.41, 5.74) is 3.38. The summed E-state index contributed by atoms with van der Waals surface area (Å²) in [5.74, 6) is -1.14. The highest BCUT2D eigenvalue weighted by Crippen LogP contribution is 2.44. The van der Waals surface area contributed by atoms with Crippen LogP contribution in [0.25, 0.3) is 11.1 Å². The molecule has 2 aromatic rings. The minimum Gasteiger partial charge on any atom is -0.481 e. The van der Waals surface area contributed by atoms with E-state index in [2.05, 4.69) is 34.9 Å². The molecule has 0 unspecified atom stereocenters. The molecule has 2 aromatic carbocycles. The summed E-state index contributed by atoms with van der Waals surface area (Å²) in [5, 5.41) is 15.0. The Morgan fingerprint density at radius 3 is 1.94 bits per heavy atom. The topological polar surface area (TPSA) is 105 Å². The van der Waals surface area contributed by atoms with Gasteiger partial charge >= 0.3 is 12.1 Å². The van der Waals surface area contributed by atoms with Crippen molar-refractivity contribution in [3.63, 3.8) is 0 Å². The zero-order chi connectivity index (χ0) is 23.8. The number of amides is 2. The second-order valence-electron chi connectivity index (χ2n) is 10.0. The molecule has 178 valence electrons. The summed E-state index contributed by atoms with van der Waals surface area (Å²) in [7, 11) is 0. The fourth-order valence-electron chi connectivity index (χ4n) is 5.68. The van der Waals surface area contributed by atoms with Crippen LogP contribution in [0.5, 0.6) is 0 Å². The van der Waals surface area contributed by atoms with Crippen LogP contribution in [0.15, 0.2) is 48.5 Å². The largest absolute Gasteiger partial charge is 0.481 e. The van der Waals surface area contributed by atoms with Crippen LogP contribution in [0, 0.1) is 0 Å². The number of carbonyl (C=O) groups excluding carboxylic acids is 2. The van der Waals surface area contributed by atoms with E-state index in [0.29, 0.717) is 25.7 Å². The first-order valence-electron chi connectivity index (χ1n) is 12.0. The number of fused-ring (bicyclic) bond motifs is 3.